The molecule has 0 spiro atoms. The van der Waals surface area contributed by atoms with Crippen LogP contribution < -0.4 is 4.74 Å². The standard InChI is InChI=1S/C15H18N2O2/c1-15(2,3)17-10-9-12(16-17)11-14(18)19-13-7-5-4-6-8-13/h4-10H,11H2,1-3H3. The quantitative estimate of drug-likeness (QED) is 0.628. The number of para-hydroxylation sites is 1. The molecule has 19 heavy (non-hydrogen) atoms. The molecule has 0 N–H and O–H groups in total. The van der Waals surface area contributed by atoms with Gasteiger partial charge in [0, 0.05) is 6.20 Å². The number of benzene rings is 1. The molecule has 0 aliphatic heterocycles. The summed E-state index contributed by atoms with van der Waals surface area (Å²) in [5, 5.41) is 4.38. The molecule has 0 saturated carbocycles. The second-order valence-corrected chi connectivity index (χ2v) is 5.39. The van der Waals surface area contributed by atoms with Gasteiger partial charge in [0.2, 0.25) is 0 Å². The topological polar surface area (TPSA) is 44.1 Å². The van der Waals surface area contributed by atoms with Gasteiger partial charge in [-0.25, -0.2) is 0 Å². The Morgan fingerprint density at radius 3 is 2.47 bits per heavy atom. The van der Waals surface area contributed by atoms with E-state index in [0.717, 1.165) is 5.69 Å². The lowest BCUT2D eigenvalue weighted by atomic mass is 10.1. The molecule has 0 radical (unpaired) electrons. The number of carbonyl (C=O) groups is 1. The highest BCUT2D eigenvalue weighted by molar-refractivity contribution is 5.74. The van der Waals surface area contributed by atoms with Crippen LogP contribution in [0.25, 0.3) is 0 Å². The third kappa shape index (κ3) is 3.68. The van der Waals surface area contributed by atoms with Crippen LogP contribution in [0.3, 0.4) is 0 Å². The third-order valence-corrected chi connectivity index (χ3v) is 2.63. The fraction of sp³-hybridized carbons (Fsp3) is 0.333. The number of aromatic nitrogens is 2. The Morgan fingerprint density at radius 2 is 1.89 bits per heavy atom. The van der Waals surface area contributed by atoms with Gasteiger partial charge in [-0.15, -0.1) is 0 Å². The Kier molecular flexibility index (Phi) is 3.69. The van der Waals surface area contributed by atoms with Crippen LogP contribution in [0.15, 0.2) is 42.6 Å². The first-order valence-electron chi connectivity index (χ1n) is 6.26. The molecule has 0 amide bonds. The lowest BCUT2D eigenvalue weighted by molar-refractivity contribution is -0.133. The van der Waals surface area contributed by atoms with E-state index in [1.165, 1.54) is 0 Å². The predicted molar refractivity (Wildman–Crippen MR) is 73.0 cm³/mol. The molecular weight excluding hydrogens is 240 g/mol. The molecule has 2 rings (SSSR count). The van der Waals surface area contributed by atoms with Crippen molar-refractivity contribution < 1.29 is 9.53 Å². The number of carbonyl (C=O) groups excluding carboxylic acids is 1. The van der Waals surface area contributed by atoms with E-state index in [4.69, 9.17) is 4.74 Å². The highest BCUT2D eigenvalue weighted by Gasteiger charge is 2.15. The predicted octanol–water partition coefficient (Wildman–Crippen LogP) is 2.79. The molecule has 0 atom stereocenters. The molecule has 0 aliphatic carbocycles. The van der Waals surface area contributed by atoms with Gasteiger partial charge < -0.3 is 4.74 Å². The number of hydrogen-bond acceptors (Lipinski definition) is 3. The van der Waals surface area contributed by atoms with Crippen molar-refractivity contribution >= 4 is 5.97 Å². The molecule has 4 nitrogen and oxygen atoms in total. The van der Waals surface area contributed by atoms with Crippen LogP contribution in [-0.4, -0.2) is 15.7 Å². The second-order valence-electron chi connectivity index (χ2n) is 5.39. The van der Waals surface area contributed by atoms with E-state index in [-0.39, 0.29) is 17.9 Å². The molecule has 4 heteroatoms. The van der Waals surface area contributed by atoms with E-state index in [0.29, 0.717) is 5.75 Å². The van der Waals surface area contributed by atoms with E-state index in [1.807, 2.05) is 35.1 Å². The lowest BCUT2D eigenvalue weighted by Crippen LogP contribution is -2.22. The normalized spacial score (nSPS) is 11.3. The maximum Gasteiger partial charge on any atom is 0.317 e. The smallest absolute Gasteiger partial charge is 0.317 e. The van der Waals surface area contributed by atoms with Crippen molar-refractivity contribution in [2.75, 3.05) is 0 Å². The van der Waals surface area contributed by atoms with Gasteiger partial charge >= 0.3 is 5.97 Å². The maximum atomic E-state index is 11.8. The van der Waals surface area contributed by atoms with E-state index in [2.05, 4.69) is 25.9 Å². The molecule has 1 aromatic heterocycles. The van der Waals surface area contributed by atoms with Gasteiger partial charge in [-0.1, -0.05) is 18.2 Å². The molecule has 1 aromatic carbocycles. The fourth-order valence-electron chi connectivity index (χ4n) is 1.63. The Bertz CT molecular complexity index is 553. The molecule has 100 valence electrons. The highest BCUT2D eigenvalue weighted by atomic mass is 16.5. The summed E-state index contributed by atoms with van der Waals surface area (Å²) in [7, 11) is 0. The van der Waals surface area contributed by atoms with Crippen LogP contribution in [-0.2, 0) is 16.8 Å². The summed E-state index contributed by atoms with van der Waals surface area (Å²) in [6.07, 6.45) is 2.06. The van der Waals surface area contributed by atoms with E-state index >= 15 is 0 Å². The minimum absolute atomic E-state index is 0.0818. The Labute approximate surface area is 113 Å². The average molecular weight is 258 g/mol. The molecule has 0 bridgehead atoms. The summed E-state index contributed by atoms with van der Waals surface area (Å²) in [5.41, 5.74) is 0.637. The molecule has 0 fully saturated rings. The zero-order valence-corrected chi connectivity index (χ0v) is 11.5. The van der Waals surface area contributed by atoms with Crippen molar-refractivity contribution in [3.8, 4) is 5.75 Å². The molecule has 1 heterocycles. The van der Waals surface area contributed by atoms with Crippen LogP contribution in [0.5, 0.6) is 5.75 Å². The van der Waals surface area contributed by atoms with Gasteiger partial charge in [0.05, 0.1) is 17.7 Å². The highest BCUT2D eigenvalue weighted by Crippen LogP contribution is 2.14. The zero-order chi connectivity index (χ0) is 13.9. The first kappa shape index (κ1) is 13.3. The Morgan fingerprint density at radius 1 is 1.21 bits per heavy atom. The molecule has 0 unspecified atom stereocenters. The second kappa shape index (κ2) is 5.26. The minimum atomic E-state index is -0.301. The SMILES string of the molecule is CC(C)(C)n1ccc(CC(=O)Oc2ccccc2)n1. The summed E-state index contributed by atoms with van der Waals surface area (Å²) in [5.74, 6) is 0.258. The summed E-state index contributed by atoms with van der Waals surface area (Å²) in [6.45, 7) is 6.18. The Hall–Kier alpha value is -2.10. The van der Waals surface area contributed by atoms with Crippen LogP contribution in [0.4, 0.5) is 0 Å². The maximum absolute atomic E-state index is 11.8. The van der Waals surface area contributed by atoms with Crippen molar-refractivity contribution in [2.45, 2.75) is 32.7 Å². The third-order valence-electron chi connectivity index (χ3n) is 2.63. The molecular formula is C15H18N2O2. The van der Waals surface area contributed by atoms with Gasteiger partial charge in [0.25, 0.3) is 0 Å². The van der Waals surface area contributed by atoms with Crippen LogP contribution >= 0.6 is 0 Å². The number of rotatable bonds is 3. The number of ether oxygens (including phenoxy) is 1. The van der Waals surface area contributed by atoms with Crippen molar-refractivity contribution in [2.24, 2.45) is 0 Å². The van der Waals surface area contributed by atoms with Crippen LogP contribution in [0.1, 0.15) is 26.5 Å². The van der Waals surface area contributed by atoms with E-state index in [9.17, 15) is 4.79 Å². The van der Waals surface area contributed by atoms with Crippen LogP contribution in [0, 0.1) is 0 Å². The van der Waals surface area contributed by atoms with Gasteiger partial charge in [-0.05, 0) is 39.0 Å². The monoisotopic (exact) mass is 258 g/mol. The summed E-state index contributed by atoms with van der Waals surface area (Å²) in [6, 6.07) is 10.9. The van der Waals surface area contributed by atoms with Gasteiger partial charge in [0.15, 0.2) is 0 Å². The van der Waals surface area contributed by atoms with Gasteiger partial charge in [0.1, 0.15) is 5.75 Å². The first-order chi connectivity index (χ1) is 8.95. The van der Waals surface area contributed by atoms with Crippen molar-refractivity contribution in [3.63, 3.8) is 0 Å². The number of esters is 1. The summed E-state index contributed by atoms with van der Waals surface area (Å²) < 4.78 is 7.07. The number of nitrogens with zero attached hydrogens (tertiary/aromatic N) is 2. The van der Waals surface area contributed by atoms with Crippen molar-refractivity contribution in [1.82, 2.24) is 9.78 Å². The molecule has 0 saturated heterocycles. The molecule has 0 aliphatic rings. The first-order valence-corrected chi connectivity index (χ1v) is 6.26. The summed E-state index contributed by atoms with van der Waals surface area (Å²) >= 11 is 0. The average Bonchev–Trinajstić information content (AvgIpc) is 2.78. The van der Waals surface area contributed by atoms with Crippen molar-refractivity contribution in [1.29, 1.82) is 0 Å². The summed E-state index contributed by atoms with van der Waals surface area (Å²) in [4.78, 5) is 11.8. The fourth-order valence-corrected chi connectivity index (χ4v) is 1.63. The van der Waals surface area contributed by atoms with E-state index in [1.54, 1.807) is 12.1 Å². The lowest BCUT2D eigenvalue weighted by Gasteiger charge is -2.18. The largest absolute Gasteiger partial charge is 0.426 e. The molecule has 2 aromatic rings. The minimum Gasteiger partial charge on any atom is -0.426 e. The zero-order valence-electron chi connectivity index (χ0n) is 11.5. The number of hydrogen-bond donors (Lipinski definition) is 0. The van der Waals surface area contributed by atoms with Crippen LogP contribution in [0.2, 0.25) is 0 Å². The van der Waals surface area contributed by atoms with E-state index < -0.39 is 0 Å². The van der Waals surface area contributed by atoms with Crippen molar-refractivity contribution in [3.05, 3.63) is 48.3 Å². The Balaban J connectivity index is 1.98. The van der Waals surface area contributed by atoms with Gasteiger partial charge in [-0.3, -0.25) is 9.48 Å². The van der Waals surface area contributed by atoms with Gasteiger partial charge in [-0.2, -0.15) is 5.10 Å².